The number of Topliss-reactive ketones (excluding diaryl/α,β-unsaturated/α-hetero) is 1. The summed E-state index contributed by atoms with van der Waals surface area (Å²) in [6, 6.07) is -1.40. The van der Waals surface area contributed by atoms with Crippen LogP contribution in [0, 0.1) is 0 Å². The predicted octanol–water partition coefficient (Wildman–Crippen LogP) is 0.855. The molecule has 2 nitrogen and oxygen atoms in total. The summed E-state index contributed by atoms with van der Waals surface area (Å²) in [6.07, 6.45) is -4.77. The molecule has 0 unspecified atom stereocenters. The summed E-state index contributed by atoms with van der Waals surface area (Å²) < 4.78 is 34.4. The van der Waals surface area contributed by atoms with E-state index in [0.29, 0.717) is 0 Å². The van der Waals surface area contributed by atoms with E-state index in [1.807, 2.05) is 0 Å². The van der Waals surface area contributed by atoms with E-state index in [9.17, 15) is 18.0 Å². The van der Waals surface area contributed by atoms with Crippen LogP contribution >= 0.6 is 0 Å². The number of hydrogen-bond acceptors (Lipinski definition) is 2. The van der Waals surface area contributed by atoms with Crippen LogP contribution in [0.4, 0.5) is 13.2 Å². The Labute approximate surface area is 56.2 Å². The van der Waals surface area contributed by atoms with Crippen LogP contribution in [0.5, 0.6) is 0 Å². The largest absolute Gasteiger partial charge is 0.451 e. The third kappa shape index (κ3) is 2.34. The highest BCUT2D eigenvalue weighted by Gasteiger charge is 2.41. The van der Waals surface area contributed by atoms with Crippen molar-refractivity contribution in [2.24, 2.45) is 5.73 Å². The molecule has 1 atom stereocenters. The molecule has 2 N–H and O–H groups in total. The lowest BCUT2D eigenvalue weighted by Crippen LogP contribution is -2.39. The van der Waals surface area contributed by atoms with Crippen LogP contribution in [0.3, 0.4) is 0 Å². The second-order valence-electron chi connectivity index (χ2n) is 1.88. The number of alkyl halides is 3. The number of ketones is 1. The van der Waals surface area contributed by atoms with Crippen LogP contribution in [0.15, 0.2) is 0 Å². The Morgan fingerprint density at radius 3 is 2.10 bits per heavy atom. The minimum Gasteiger partial charge on any atom is -0.321 e. The minimum atomic E-state index is -4.78. The standard InChI is InChI=1S/C5H8F3NO/c1-2-3(9)4(10)5(6,7)8/h3H,2,9H2,1H3/t3-/m0/s1. The third-order valence-electron chi connectivity index (χ3n) is 1.06. The molecule has 0 aromatic heterocycles. The Bertz CT molecular complexity index is 131. The zero-order valence-corrected chi connectivity index (χ0v) is 5.40. The Kier molecular flexibility index (Phi) is 2.83. The Hall–Kier alpha value is -0.580. The summed E-state index contributed by atoms with van der Waals surface area (Å²) in [6.45, 7) is 1.42. The number of carbonyl (C=O) groups is 1. The summed E-state index contributed by atoms with van der Waals surface area (Å²) in [5.74, 6) is -1.85. The zero-order valence-electron chi connectivity index (χ0n) is 5.40. The maximum atomic E-state index is 11.5. The number of rotatable bonds is 2. The third-order valence-corrected chi connectivity index (χ3v) is 1.06. The molecule has 0 saturated carbocycles. The van der Waals surface area contributed by atoms with Gasteiger partial charge in [0.15, 0.2) is 0 Å². The van der Waals surface area contributed by atoms with Gasteiger partial charge in [-0.3, -0.25) is 4.79 Å². The fourth-order valence-corrected chi connectivity index (χ4v) is 0.396. The van der Waals surface area contributed by atoms with E-state index in [0.717, 1.165) is 0 Å². The van der Waals surface area contributed by atoms with Crippen LogP contribution < -0.4 is 5.73 Å². The zero-order chi connectivity index (χ0) is 8.36. The van der Waals surface area contributed by atoms with Crippen molar-refractivity contribution in [1.29, 1.82) is 0 Å². The van der Waals surface area contributed by atoms with Crippen molar-refractivity contribution in [1.82, 2.24) is 0 Å². The molecule has 0 heterocycles. The number of carbonyl (C=O) groups excluding carboxylic acids is 1. The monoisotopic (exact) mass is 155 g/mol. The van der Waals surface area contributed by atoms with Crippen molar-refractivity contribution in [3.8, 4) is 0 Å². The SMILES string of the molecule is CC[C@H](N)C(=O)C(F)(F)F. The molecule has 0 saturated heterocycles. The first-order valence-corrected chi connectivity index (χ1v) is 2.76. The molecule has 0 radical (unpaired) electrons. The van der Waals surface area contributed by atoms with Gasteiger partial charge in [-0.1, -0.05) is 6.92 Å². The van der Waals surface area contributed by atoms with Crippen molar-refractivity contribution in [2.45, 2.75) is 25.6 Å². The van der Waals surface area contributed by atoms with Gasteiger partial charge in [0.2, 0.25) is 0 Å². The molecule has 0 aliphatic heterocycles. The van der Waals surface area contributed by atoms with Gasteiger partial charge in [-0.15, -0.1) is 0 Å². The average molecular weight is 155 g/mol. The maximum Gasteiger partial charge on any atom is 0.451 e. The molecule has 0 aromatic rings. The molecule has 0 aliphatic carbocycles. The Morgan fingerprint density at radius 1 is 1.60 bits per heavy atom. The molecule has 0 fully saturated rings. The van der Waals surface area contributed by atoms with E-state index in [2.05, 4.69) is 0 Å². The Morgan fingerprint density at radius 2 is 2.00 bits per heavy atom. The Balaban J connectivity index is 4.09. The lowest BCUT2D eigenvalue weighted by atomic mass is 10.1. The summed E-state index contributed by atoms with van der Waals surface area (Å²) in [5.41, 5.74) is 4.83. The summed E-state index contributed by atoms with van der Waals surface area (Å²) in [4.78, 5) is 10.1. The van der Waals surface area contributed by atoms with Crippen LogP contribution in [0.1, 0.15) is 13.3 Å². The fraction of sp³-hybridized carbons (Fsp3) is 0.800. The maximum absolute atomic E-state index is 11.5. The highest BCUT2D eigenvalue weighted by Crippen LogP contribution is 2.17. The first-order valence-electron chi connectivity index (χ1n) is 2.76. The molecule has 0 aliphatic rings. The molecule has 5 heteroatoms. The second kappa shape index (κ2) is 3.01. The van der Waals surface area contributed by atoms with E-state index in [4.69, 9.17) is 5.73 Å². The first-order chi connectivity index (χ1) is 4.39. The molecular formula is C5H8F3NO. The number of nitrogens with two attached hydrogens (primary N) is 1. The fourth-order valence-electron chi connectivity index (χ4n) is 0.396. The summed E-state index contributed by atoms with van der Waals surface area (Å²) in [5, 5.41) is 0. The van der Waals surface area contributed by atoms with Gasteiger partial charge in [-0.25, -0.2) is 0 Å². The van der Waals surface area contributed by atoms with Gasteiger partial charge in [0.05, 0.1) is 6.04 Å². The van der Waals surface area contributed by atoms with Gasteiger partial charge in [0.25, 0.3) is 5.78 Å². The van der Waals surface area contributed by atoms with Crippen LogP contribution in [-0.2, 0) is 4.79 Å². The van der Waals surface area contributed by atoms with Crippen LogP contribution in [0.25, 0.3) is 0 Å². The summed E-state index contributed by atoms with van der Waals surface area (Å²) >= 11 is 0. The van der Waals surface area contributed by atoms with E-state index >= 15 is 0 Å². The highest BCUT2D eigenvalue weighted by atomic mass is 19.4. The van der Waals surface area contributed by atoms with Crippen molar-refractivity contribution in [3.63, 3.8) is 0 Å². The number of hydrogen-bond donors (Lipinski definition) is 1. The highest BCUT2D eigenvalue weighted by molar-refractivity contribution is 5.88. The predicted molar refractivity (Wildman–Crippen MR) is 29.3 cm³/mol. The summed E-state index contributed by atoms with van der Waals surface area (Å²) in [7, 11) is 0. The van der Waals surface area contributed by atoms with E-state index in [1.165, 1.54) is 6.92 Å². The van der Waals surface area contributed by atoms with Gasteiger partial charge in [0, 0.05) is 0 Å². The molecule has 10 heavy (non-hydrogen) atoms. The molecule has 0 aromatic carbocycles. The van der Waals surface area contributed by atoms with Crippen molar-refractivity contribution in [2.75, 3.05) is 0 Å². The van der Waals surface area contributed by atoms with Crippen LogP contribution in [-0.4, -0.2) is 18.0 Å². The lowest BCUT2D eigenvalue weighted by molar-refractivity contribution is -0.172. The van der Waals surface area contributed by atoms with Crippen molar-refractivity contribution < 1.29 is 18.0 Å². The van der Waals surface area contributed by atoms with Gasteiger partial charge in [-0.05, 0) is 6.42 Å². The molecule has 60 valence electrons. The topological polar surface area (TPSA) is 43.1 Å². The normalized spacial score (nSPS) is 14.9. The van der Waals surface area contributed by atoms with Gasteiger partial charge >= 0.3 is 6.18 Å². The quantitative estimate of drug-likeness (QED) is 0.642. The van der Waals surface area contributed by atoms with E-state index in [1.54, 1.807) is 0 Å². The molecule has 0 rings (SSSR count). The molecule has 0 spiro atoms. The average Bonchev–Trinajstić information content (AvgIpc) is 1.83. The van der Waals surface area contributed by atoms with Gasteiger partial charge in [0.1, 0.15) is 0 Å². The molecular weight excluding hydrogens is 147 g/mol. The minimum absolute atomic E-state index is 0.0122. The lowest BCUT2D eigenvalue weighted by Gasteiger charge is -2.09. The molecule has 0 amide bonds. The van der Waals surface area contributed by atoms with Crippen LogP contribution in [0.2, 0.25) is 0 Å². The number of halogens is 3. The molecule has 0 bridgehead atoms. The van der Waals surface area contributed by atoms with Crippen molar-refractivity contribution >= 4 is 5.78 Å². The van der Waals surface area contributed by atoms with E-state index in [-0.39, 0.29) is 6.42 Å². The smallest absolute Gasteiger partial charge is 0.321 e. The van der Waals surface area contributed by atoms with Gasteiger partial charge < -0.3 is 5.73 Å². The van der Waals surface area contributed by atoms with E-state index < -0.39 is 18.0 Å². The van der Waals surface area contributed by atoms with Gasteiger partial charge in [-0.2, -0.15) is 13.2 Å². The second-order valence-corrected chi connectivity index (χ2v) is 1.88. The first kappa shape index (κ1) is 9.42. The van der Waals surface area contributed by atoms with Crippen molar-refractivity contribution in [3.05, 3.63) is 0 Å².